The second kappa shape index (κ2) is 7.12. The normalized spacial score (nSPS) is 11.8. The summed E-state index contributed by atoms with van der Waals surface area (Å²) in [5.41, 5.74) is 2.73. The molecule has 0 unspecified atom stereocenters. The van der Waals surface area contributed by atoms with Gasteiger partial charge < -0.3 is 15.2 Å². The molecule has 1 aromatic heterocycles. The Hall–Kier alpha value is -2.90. The maximum Gasteiger partial charge on any atom is 0.319 e. The fourth-order valence-electron chi connectivity index (χ4n) is 2.58. The molecule has 1 atom stereocenters. The molecule has 2 rings (SSSR count). The Morgan fingerprint density at radius 1 is 1.38 bits per heavy atom. The SMILES string of the molecule is CC[C@@H](NC(=O)Nc1ccc([N+](=O)[O-])cc1C)c1c(C)noc1C. The monoisotopic (exact) mass is 332 g/mol. The minimum Gasteiger partial charge on any atom is -0.361 e. The lowest BCUT2D eigenvalue weighted by atomic mass is 10.0. The van der Waals surface area contributed by atoms with Crippen molar-refractivity contribution in [3.63, 3.8) is 0 Å². The lowest BCUT2D eigenvalue weighted by molar-refractivity contribution is -0.384. The molecule has 0 spiro atoms. The van der Waals surface area contributed by atoms with Gasteiger partial charge in [0, 0.05) is 23.4 Å². The van der Waals surface area contributed by atoms with Crippen molar-refractivity contribution in [3.05, 3.63) is 50.9 Å². The number of anilines is 1. The van der Waals surface area contributed by atoms with E-state index in [9.17, 15) is 14.9 Å². The van der Waals surface area contributed by atoms with E-state index in [1.54, 1.807) is 13.8 Å². The number of non-ortho nitro benzene ring substituents is 1. The quantitative estimate of drug-likeness (QED) is 0.639. The van der Waals surface area contributed by atoms with Gasteiger partial charge in [-0.25, -0.2) is 4.79 Å². The van der Waals surface area contributed by atoms with Crippen LogP contribution in [-0.4, -0.2) is 16.1 Å². The zero-order valence-corrected chi connectivity index (χ0v) is 14.0. The summed E-state index contributed by atoms with van der Waals surface area (Å²) < 4.78 is 5.15. The molecule has 2 aromatic rings. The molecule has 0 saturated heterocycles. The van der Waals surface area contributed by atoms with E-state index < -0.39 is 4.92 Å². The summed E-state index contributed by atoms with van der Waals surface area (Å²) in [6.45, 7) is 7.29. The average molecular weight is 332 g/mol. The van der Waals surface area contributed by atoms with Gasteiger partial charge in [-0.05, 0) is 38.8 Å². The molecule has 0 saturated carbocycles. The van der Waals surface area contributed by atoms with Gasteiger partial charge in [0.2, 0.25) is 0 Å². The minimum atomic E-state index is -0.471. The average Bonchev–Trinajstić information content (AvgIpc) is 2.86. The molecule has 2 amide bonds. The fourth-order valence-corrected chi connectivity index (χ4v) is 2.58. The minimum absolute atomic E-state index is 0.0133. The molecule has 2 N–H and O–H groups in total. The summed E-state index contributed by atoms with van der Waals surface area (Å²) in [6.07, 6.45) is 0.676. The largest absolute Gasteiger partial charge is 0.361 e. The number of nitrogens with one attached hydrogen (secondary N) is 2. The number of aromatic nitrogens is 1. The van der Waals surface area contributed by atoms with Crippen LogP contribution in [0.2, 0.25) is 0 Å². The zero-order valence-electron chi connectivity index (χ0n) is 14.0. The number of carbonyl (C=O) groups excluding carboxylic acids is 1. The lowest BCUT2D eigenvalue weighted by Gasteiger charge is -2.18. The van der Waals surface area contributed by atoms with Gasteiger partial charge in [-0.1, -0.05) is 12.1 Å². The van der Waals surface area contributed by atoms with Crippen LogP contribution < -0.4 is 10.6 Å². The predicted octanol–water partition coefficient (Wildman–Crippen LogP) is 3.78. The van der Waals surface area contributed by atoms with Gasteiger partial charge >= 0.3 is 6.03 Å². The molecule has 8 nitrogen and oxygen atoms in total. The van der Waals surface area contributed by atoms with Crippen LogP contribution in [-0.2, 0) is 0 Å². The van der Waals surface area contributed by atoms with E-state index in [-0.39, 0.29) is 17.8 Å². The van der Waals surface area contributed by atoms with Crippen molar-refractivity contribution in [3.8, 4) is 0 Å². The van der Waals surface area contributed by atoms with Gasteiger partial charge in [0.25, 0.3) is 5.69 Å². The summed E-state index contributed by atoms with van der Waals surface area (Å²) in [5, 5.41) is 20.3. The van der Waals surface area contributed by atoms with Crippen molar-refractivity contribution in [2.75, 3.05) is 5.32 Å². The summed E-state index contributed by atoms with van der Waals surface area (Å²) in [6, 6.07) is 3.67. The lowest BCUT2D eigenvalue weighted by Crippen LogP contribution is -2.33. The third kappa shape index (κ3) is 3.70. The van der Waals surface area contributed by atoms with E-state index >= 15 is 0 Å². The number of urea groups is 1. The second-order valence-corrected chi connectivity index (χ2v) is 5.55. The maximum atomic E-state index is 12.3. The molecule has 1 aromatic carbocycles. The number of hydrogen-bond acceptors (Lipinski definition) is 5. The smallest absolute Gasteiger partial charge is 0.319 e. The van der Waals surface area contributed by atoms with E-state index in [0.717, 1.165) is 11.3 Å². The number of nitro groups is 1. The van der Waals surface area contributed by atoms with Gasteiger partial charge in [0.15, 0.2) is 0 Å². The van der Waals surface area contributed by atoms with Crippen LogP contribution in [0.25, 0.3) is 0 Å². The maximum absolute atomic E-state index is 12.3. The van der Waals surface area contributed by atoms with Crippen LogP contribution in [0.5, 0.6) is 0 Å². The van der Waals surface area contributed by atoms with E-state index in [1.165, 1.54) is 18.2 Å². The Labute approximate surface area is 139 Å². The van der Waals surface area contributed by atoms with Crippen LogP contribution >= 0.6 is 0 Å². The summed E-state index contributed by atoms with van der Waals surface area (Å²) >= 11 is 0. The Bertz CT molecular complexity index is 750. The topological polar surface area (TPSA) is 110 Å². The van der Waals surface area contributed by atoms with Crippen LogP contribution in [0.4, 0.5) is 16.2 Å². The number of nitro benzene ring substituents is 1. The van der Waals surface area contributed by atoms with Crippen molar-refractivity contribution in [1.29, 1.82) is 0 Å². The molecule has 24 heavy (non-hydrogen) atoms. The third-order valence-electron chi connectivity index (χ3n) is 3.82. The molecule has 128 valence electrons. The van der Waals surface area contributed by atoms with Crippen molar-refractivity contribution in [2.24, 2.45) is 0 Å². The molecule has 0 aliphatic rings. The third-order valence-corrected chi connectivity index (χ3v) is 3.82. The van der Waals surface area contributed by atoms with Crippen molar-refractivity contribution < 1.29 is 14.2 Å². The first kappa shape index (κ1) is 17.5. The molecular formula is C16H20N4O4. The summed E-state index contributed by atoms with van der Waals surface area (Å²) in [7, 11) is 0. The van der Waals surface area contributed by atoms with E-state index in [0.29, 0.717) is 23.4 Å². The van der Waals surface area contributed by atoms with E-state index in [2.05, 4.69) is 15.8 Å². The van der Waals surface area contributed by atoms with Crippen LogP contribution in [0.3, 0.4) is 0 Å². The van der Waals surface area contributed by atoms with Crippen LogP contribution in [0.15, 0.2) is 22.7 Å². The van der Waals surface area contributed by atoms with Crippen molar-refractivity contribution in [2.45, 2.75) is 40.2 Å². The molecule has 0 aliphatic heterocycles. The van der Waals surface area contributed by atoms with Crippen LogP contribution in [0, 0.1) is 30.9 Å². The van der Waals surface area contributed by atoms with Gasteiger partial charge in [-0.2, -0.15) is 0 Å². The second-order valence-electron chi connectivity index (χ2n) is 5.55. The number of carbonyl (C=O) groups is 1. The molecule has 0 aliphatic carbocycles. The first-order chi connectivity index (χ1) is 11.3. The number of rotatable bonds is 5. The molecular weight excluding hydrogens is 312 g/mol. The van der Waals surface area contributed by atoms with Gasteiger partial charge in [0.05, 0.1) is 16.7 Å². The van der Waals surface area contributed by atoms with E-state index in [4.69, 9.17) is 4.52 Å². The van der Waals surface area contributed by atoms with Gasteiger partial charge in [-0.3, -0.25) is 10.1 Å². The first-order valence-corrected chi connectivity index (χ1v) is 7.58. The number of hydrogen-bond donors (Lipinski definition) is 2. The van der Waals surface area contributed by atoms with Crippen molar-refractivity contribution in [1.82, 2.24) is 10.5 Å². The number of amides is 2. The number of aryl methyl sites for hydroxylation is 3. The Morgan fingerprint density at radius 2 is 2.08 bits per heavy atom. The molecule has 0 radical (unpaired) electrons. The predicted molar refractivity (Wildman–Crippen MR) is 89.0 cm³/mol. The Balaban J connectivity index is 2.11. The fraction of sp³-hybridized carbons (Fsp3) is 0.375. The highest BCUT2D eigenvalue weighted by molar-refractivity contribution is 5.90. The molecule has 0 fully saturated rings. The standard InChI is InChI=1S/C16H20N4O4/c1-5-13(15-10(3)19-24-11(15)4)17-16(21)18-14-7-6-12(20(22)23)8-9(14)2/h6-8,13H,5H2,1-4H3,(H2,17,18,21)/t13-/m1/s1. The highest BCUT2D eigenvalue weighted by Crippen LogP contribution is 2.25. The Kier molecular flexibility index (Phi) is 5.18. The molecule has 1 heterocycles. The van der Waals surface area contributed by atoms with Gasteiger partial charge in [0.1, 0.15) is 5.76 Å². The van der Waals surface area contributed by atoms with Gasteiger partial charge in [-0.15, -0.1) is 0 Å². The van der Waals surface area contributed by atoms with Crippen LogP contribution in [0.1, 0.15) is 42.0 Å². The summed E-state index contributed by atoms with van der Waals surface area (Å²) in [5.74, 6) is 0.672. The molecule has 0 bridgehead atoms. The number of benzene rings is 1. The molecule has 8 heteroatoms. The highest BCUT2D eigenvalue weighted by Gasteiger charge is 2.21. The van der Waals surface area contributed by atoms with Crippen molar-refractivity contribution >= 4 is 17.4 Å². The van der Waals surface area contributed by atoms with E-state index in [1.807, 2.05) is 13.8 Å². The summed E-state index contributed by atoms with van der Waals surface area (Å²) in [4.78, 5) is 22.5. The zero-order chi connectivity index (χ0) is 17.9. The first-order valence-electron chi connectivity index (χ1n) is 7.58. The Morgan fingerprint density at radius 3 is 2.58 bits per heavy atom. The highest BCUT2D eigenvalue weighted by atomic mass is 16.6. The number of nitrogens with zero attached hydrogens (tertiary/aromatic N) is 2.